The zero-order valence-electron chi connectivity index (χ0n) is 11.3. The molecular weight excluding hydrogens is 289 g/mol. The average molecular weight is 299 g/mol. The first-order valence-electron chi connectivity index (χ1n) is 6.42. The molecule has 22 heavy (non-hydrogen) atoms. The molecule has 0 amide bonds. The Morgan fingerprint density at radius 3 is 2.59 bits per heavy atom. The van der Waals surface area contributed by atoms with E-state index < -0.39 is 24.2 Å². The molecule has 2 aromatic carbocycles. The lowest BCUT2D eigenvalue weighted by Crippen LogP contribution is -2.14. The summed E-state index contributed by atoms with van der Waals surface area (Å²) < 4.78 is 22.8. The van der Waals surface area contributed by atoms with Crippen LogP contribution in [0.4, 0.5) is 4.39 Å². The molecule has 1 heterocycles. The molecule has 6 heteroatoms. The van der Waals surface area contributed by atoms with Gasteiger partial charge in [-0.1, -0.05) is 0 Å². The van der Waals surface area contributed by atoms with E-state index >= 15 is 0 Å². The second-order valence-corrected chi connectivity index (χ2v) is 4.54. The Bertz CT molecular complexity index is 839. The molecule has 1 aromatic heterocycles. The summed E-state index contributed by atoms with van der Waals surface area (Å²) in [6.07, 6.45) is 1.28. The van der Waals surface area contributed by atoms with Gasteiger partial charge in [-0.25, -0.2) is 14.2 Å². The molecule has 0 aliphatic rings. The van der Waals surface area contributed by atoms with Gasteiger partial charge >= 0.3 is 5.97 Å². The highest BCUT2D eigenvalue weighted by molar-refractivity contribution is 5.99. The third-order valence-corrected chi connectivity index (χ3v) is 3.07. The maximum Gasteiger partial charge on any atom is 0.338 e. The van der Waals surface area contributed by atoms with Gasteiger partial charge in [-0.3, -0.25) is 4.79 Å². The molecule has 0 bridgehead atoms. The number of oxazole rings is 1. The molecule has 110 valence electrons. The van der Waals surface area contributed by atoms with Crippen molar-refractivity contribution in [1.82, 2.24) is 4.98 Å². The maximum atomic E-state index is 12.8. The van der Waals surface area contributed by atoms with Crippen LogP contribution in [0.2, 0.25) is 0 Å². The van der Waals surface area contributed by atoms with Gasteiger partial charge in [-0.05, 0) is 42.5 Å². The summed E-state index contributed by atoms with van der Waals surface area (Å²) in [5.74, 6) is -1.49. The monoisotopic (exact) mass is 299 g/mol. The summed E-state index contributed by atoms with van der Waals surface area (Å²) in [5.41, 5.74) is 1.62. The van der Waals surface area contributed by atoms with Gasteiger partial charge < -0.3 is 9.15 Å². The zero-order valence-corrected chi connectivity index (χ0v) is 11.3. The predicted octanol–water partition coefficient (Wildman–Crippen LogP) is 3.01. The molecule has 0 aliphatic heterocycles. The molecule has 0 spiro atoms. The van der Waals surface area contributed by atoms with Crippen molar-refractivity contribution in [3.63, 3.8) is 0 Å². The topological polar surface area (TPSA) is 69.4 Å². The molecular formula is C16H10FNO4. The van der Waals surface area contributed by atoms with Gasteiger partial charge in [0.15, 0.2) is 24.4 Å². The molecule has 5 nitrogen and oxygen atoms in total. The quantitative estimate of drug-likeness (QED) is 0.547. The Labute approximate surface area is 124 Å². The molecule has 0 atom stereocenters. The van der Waals surface area contributed by atoms with Crippen LogP contribution in [0.15, 0.2) is 53.3 Å². The van der Waals surface area contributed by atoms with Crippen molar-refractivity contribution in [1.29, 1.82) is 0 Å². The summed E-state index contributed by atoms with van der Waals surface area (Å²) in [5, 5.41) is 0. The SMILES string of the molecule is O=C(COC(=O)c1ccc2ncoc2c1)c1ccc(F)cc1. The van der Waals surface area contributed by atoms with Crippen LogP contribution in [-0.2, 0) is 4.74 Å². The lowest BCUT2D eigenvalue weighted by atomic mass is 10.1. The number of ether oxygens (including phenoxy) is 1. The highest BCUT2D eigenvalue weighted by Gasteiger charge is 2.13. The van der Waals surface area contributed by atoms with E-state index in [9.17, 15) is 14.0 Å². The molecule has 3 aromatic rings. The van der Waals surface area contributed by atoms with Gasteiger partial charge in [0.05, 0.1) is 5.56 Å². The number of carbonyl (C=O) groups excluding carboxylic acids is 2. The minimum Gasteiger partial charge on any atom is -0.454 e. The van der Waals surface area contributed by atoms with Gasteiger partial charge in [-0.15, -0.1) is 0 Å². The van der Waals surface area contributed by atoms with Gasteiger partial charge in [0.1, 0.15) is 11.3 Å². The first-order chi connectivity index (χ1) is 10.6. The van der Waals surface area contributed by atoms with Crippen molar-refractivity contribution >= 4 is 22.9 Å². The number of ketones is 1. The Kier molecular flexibility index (Phi) is 3.65. The second-order valence-electron chi connectivity index (χ2n) is 4.54. The van der Waals surface area contributed by atoms with Crippen LogP contribution in [0.3, 0.4) is 0 Å². The summed E-state index contributed by atoms with van der Waals surface area (Å²) in [6, 6.07) is 9.68. The van der Waals surface area contributed by atoms with Crippen molar-refractivity contribution < 1.29 is 23.1 Å². The number of fused-ring (bicyclic) bond motifs is 1. The Morgan fingerprint density at radius 1 is 1.09 bits per heavy atom. The Hall–Kier alpha value is -3.02. The summed E-state index contributed by atoms with van der Waals surface area (Å²) in [7, 11) is 0. The van der Waals surface area contributed by atoms with Crippen molar-refractivity contribution in [3.05, 3.63) is 65.8 Å². The minimum absolute atomic E-state index is 0.260. The first-order valence-corrected chi connectivity index (χ1v) is 6.42. The van der Waals surface area contributed by atoms with Crippen LogP contribution in [0.1, 0.15) is 20.7 Å². The smallest absolute Gasteiger partial charge is 0.338 e. The standard InChI is InChI=1S/C16H10FNO4/c17-12-4-1-10(2-5-12)14(19)8-21-16(20)11-3-6-13-15(7-11)22-9-18-13/h1-7,9H,8H2. The van der Waals surface area contributed by atoms with E-state index in [0.717, 1.165) is 0 Å². The molecule has 0 saturated heterocycles. The van der Waals surface area contributed by atoms with Crippen LogP contribution in [0, 0.1) is 5.82 Å². The summed E-state index contributed by atoms with van der Waals surface area (Å²) >= 11 is 0. The van der Waals surface area contributed by atoms with Crippen LogP contribution < -0.4 is 0 Å². The van der Waals surface area contributed by atoms with Crippen molar-refractivity contribution in [2.24, 2.45) is 0 Å². The number of hydrogen-bond donors (Lipinski definition) is 0. The third kappa shape index (κ3) is 2.85. The van der Waals surface area contributed by atoms with Crippen LogP contribution in [0.25, 0.3) is 11.1 Å². The number of benzene rings is 2. The van der Waals surface area contributed by atoms with Crippen LogP contribution in [-0.4, -0.2) is 23.3 Å². The number of aromatic nitrogens is 1. The van der Waals surface area contributed by atoms with E-state index in [2.05, 4.69) is 4.98 Å². The number of hydrogen-bond acceptors (Lipinski definition) is 5. The van der Waals surface area contributed by atoms with E-state index in [1.165, 1.54) is 42.8 Å². The number of esters is 1. The first kappa shape index (κ1) is 13.9. The normalized spacial score (nSPS) is 10.6. The second kappa shape index (κ2) is 5.77. The van der Waals surface area contributed by atoms with Gasteiger partial charge in [0.25, 0.3) is 0 Å². The molecule has 0 radical (unpaired) electrons. The number of carbonyl (C=O) groups is 2. The predicted molar refractivity (Wildman–Crippen MR) is 75.0 cm³/mol. The highest BCUT2D eigenvalue weighted by atomic mass is 19.1. The summed E-state index contributed by atoms with van der Waals surface area (Å²) in [4.78, 5) is 27.7. The van der Waals surface area contributed by atoms with E-state index in [4.69, 9.17) is 9.15 Å². The average Bonchev–Trinajstić information content (AvgIpc) is 3.00. The fourth-order valence-corrected chi connectivity index (χ4v) is 1.92. The van der Waals surface area contributed by atoms with E-state index in [1.54, 1.807) is 6.07 Å². The van der Waals surface area contributed by atoms with E-state index in [0.29, 0.717) is 11.1 Å². The van der Waals surface area contributed by atoms with E-state index in [-0.39, 0.29) is 11.1 Å². The molecule has 0 unspecified atom stereocenters. The third-order valence-electron chi connectivity index (χ3n) is 3.07. The number of halogens is 1. The van der Waals surface area contributed by atoms with Crippen molar-refractivity contribution in [3.8, 4) is 0 Å². The number of rotatable bonds is 4. The van der Waals surface area contributed by atoms with Crippen LogP contribution in [0.5, 0.6) is 0 Å². The molecule has 0 N–H and O–H groups in total. The Balaban J connectivity index is 1.66. The minimum atomic E-state index is -0.645. The van der Waals surface area contributed by atoms with Crippen molar-refractivity contribution in [2.75, 3.05) is 6.61 Å². The Morgan fingerprint density at radius 2 is 1.82 bits per heavy atom. The molecule has 0 fully saturated rings. The summed E-state index contributed by atoms with van der Waals surface area (Å²) in [6.45, 7) is -0.418. The number of nitrogens with zero attached hydrogens (tertiary/aromatic N) is 1. The van der Waals surface area contributed by atoms with Gasteiger partial charge in [0, 0.05) is 5.56 Å². The molecule has 0 aliphatic carbocycles. The maximum absolute atomic E-state index is 12.8. The zero-order chi connectivity index (χ0) is 15.5. The van der Waals surface area contributed by atoms with Crippen LogP contribution >= 0.6 is 0 Å². The lowest BCUT2D eigenvalue weighted by molar-refractivity contribution is 0.0475. The fourth-order valence-electron chi connectivity index (χ4n) is 1.92. The largest absolute Gasteiger partial charge is 0.454 e. The van der Waals surface area contributed by atoms with Crippen molar-refractivity contribution in [2.45, 2.75) is 0 Å². The lowest BCUT2D eigenvalue weighted by Gasteiger charge is -2.04. The van der Waals surface area contributed by atoms with Gasteiger partial charge in [-0.2, -0.15) is 0 Å². The molecule has 0 saturated carbocycles. The number of Topliss-reactive ketones (excluding diaryl/α,β-unsaturated/α-hetero) is 1. The highest BCUT2D eigenvalue weighted by Crippen LogP contribution is 2.15. The fraction of sp³-hybridized carbons (Fsp3) is 0.0625. The van der Waals surface area contributed by atoms with Gasteiger partial charge in [0.2, 0.25) is 0 Å². The van der Waals surface area contributed by atoms with E-state index in [1.807, 2.05) is 0 Å². The molecule has 3 rings (SSSR count).